The maximum absolute atomic E-state index is 12.3. The van der Waals surface area contributed by atoms with Gasteiger partial charge in [0, 0.05) is 6.42 Å². The predicted octanol–water partition coefficient (Wildman–Crippen LogP) is 3.17. The number of fused-ring (bicyclic) bond motifs is 1. The number of carbonyl (C=O) groups excluding carboxylic acids is 1. The van der Waals surface area contributed by atoms with E-state index in [0.29, 0.717) is 10.6 Å². The summed E-state index contributed by atoms with van der Waals surface area (Å²) in [5.41, 5.74) is 2.33. The van der Waals surface area contributed by atoms with E-state index in [-0.39, 0.29) is 12.5 Å². The number of imidazole rings is 1. The van der Waals surface area contributed by atoms with Crippen LogP contribution >= 0.6 is 11.3 Å². The molecule has 0 aliphatic carbocycles. The van der Waals surface area contributed by atoms with Crippen LogP contribution in [0.2, 0.25) is 0 Å². The van der Waals surface area contributed by atoms with E-state index in [9.17, 15) is 4.79 Å². The number of thiophene rings is 1. The Labute approximate surface area is 131 Å². The number of aryl methyl sites for hydroxylation is 1. The van der Waals surface area contributed by atoms with Crippen LogP contribution in [0, 0.1) is 11.3 Å². The van der Waals surface area contributed by atoms with Crippen LogP contribution in [0.4, 0.5) is 5.00 Å². The van der Waals surface area contributed by atoms with Gasteiger partial charge in [0.1, 0.15) is 23.4 Å². The number of aromatic nitrogens is 2. The molecule has 6 heteroatoms. The van der Waals surface area contributed by atoms with E-state index in [1.165, 1.54) is 11.3 Å². The van der Waals surface area contributed by atoms with E-state index in [1.54, 1.807) is 11.4 Å². The number of benzene rings is 1. The SMILES string of the molecule is CCc1nc2ccccc2n1CC(=O)Nc1sccc1C#N. The van der Waals surface area contributed by atoms with Gasteiger partial charge >= 0.3 is 0 Å². The van der Waals surface area contributed by atoms with Gasteiger partial charge in [-0.3, -0.25) is 4.79 Å². The first-order chi connectivity index (χ1) is 10.7. The van der Waals surface area contributed by atoms with Crippen LogP contribution in [0.3, 0.4) is 0 Å². The molecule has 0 spiro atoms. The molecule has 1 aromatic carbocycles. The summed E-state index contributed by atoms with van der Waals surface area (Å²) in [7, 11) is 0. The fourth-order valence-electron chi connectivity index (χ4n) is 2.38. The van der Waals surface area contributed by atoms with Gasteiger partial charge < -0.3 is 9.88 Å². The number of rotatable bonds is 4. The number of nitriles is 1. The molecule has 0 radical (unpaired) electrons. The molecule has 1 N–H and O–H groups in total. The van der Waals surface area contributed by atoms with Crippen molar-refractivity contribution in [3.63, 3.8) is 0 Å². The Balaban J connectivity index is 1.87. The first-order valence-electron chi connectivity index (χ1n) is 6.94. The third kappa shape index (κ3) is 2.59. The molecular formula is C16H14N4OS. The highest BCUT2D eigenvalue weighted by atomic mass is 32.1. The molecule has 110 valence electrons. The molecule has 1 amide bonds. The van der Waals surface area contributed by atoms with Gasteiger partial charge in [0.2, 0.25) is 5.91 Å². The average molecular weight is 310 g/mol. The number of para-hydroxylation sites is 2. The van der Waals surface area contributed by atoms with Crippen molar-refractivity contribution < 1.29 is 4.79 Å². The molecule has 2 heterocycles. The molecule has 0 saturated carbocycles. The largest absolute Gasteiger partial charge is 0.318 e. The van der Waals surface area contributed by atoms with Crippen LogP contribution in [0.25, 0.3) is 11.0 Å². The van der Waals surface area contributed by atoms with Crippen molar-refractivity contribution >= 4 is 33.3 Å². The maximum atomic E-state index is 12.3. The summed E-state index contributed by atoms with van der Waals surface area (Å²) in [5.74, 6) is 0.722. The number of amides is 1. The van der Waals surface area contributed by atoms with Gasteiger partial charge in [-0.05, 0) is 23.6 Å². The molecule has 3 rings (SSSR count). The molecule has 0 atom stereocenters. The zero-order chi connectivity index (χ0) is 15.5. The summed E-state index contributed by atoms with van der Waals surface area (Å²) >= 11 is 1.35. The minimum Gasteiger partial charge on any atom is -0.318 e. The third-order valence-electron chi connectivity index (χ3n) is 3.39. The number of hydrogen-bond donors (Lipinski definition) is 1. The van der Waals surface area contributed by atoms with Crippen LogP contribution in [-0.4, -0.2) is 15.5 Å². The quantitative estimate of drug-likeness (QED) is 0.804. The molecule has 0 bridgehead atoms. The van der Waals surface area contributed by atoms with Gasteiger partial charge in [0.15, 0.2) is 0 Å². The highest BCUT2D eigenvalue weighted by Gasteiger charge is 2.14. The van der Waals surface area contributed by atoms with Crippen molar-refractivity contribution in [1.82, 2.24) is 9.55 Å². The lowest BCUT2D eigenvalue weighted by molar-refractivity contribution is -0.116. The van der Waals surface area contributed by atoms with Gasteiger partial charge in [-0.1, -0.05) is 19.1 Å². The second-order valence-corrected chi connectivity index (χ2v) is 5.70. The summed E-state index contributed by atoms with van der Waals surface area (Å²) in [6.07, 6.45) is 0.754. The lowest BCUT2D eigenvalue weighted by Gasteiger charge is -2.08. The Morgan fingerprint density at radius 1 is 1.41 bits per heavy atom. The smallest absolute Gasteiger partial charge is 0.245 e. The molecule has 0 fully saturated rings. The summed E-state index contributed by atoms with van der Waals surface area (Å²) in [4.78, 5) is 16.8. The first-order valence-corrected chi connectivity index (χ1v) is 7.82. The normalized spacial score (nSPS) is 10.5. The van der Waals surface area contributed by atoms with Crippen molar-refractivity contribution in [1.29, 1.82) is 5.26 Å². The second-order valence-electron chi connectivity index (χ2n) is 4.78. The van der Waals surface area contributed by atoms with E-state index < -0.39 is 0 Å². The molecule has 3 aromatic rings. The molecule has 0 aliphatic heterocycles. The van der Waals surface area contributed by atoms with Crippen LogP contribution in [0.15, 0.2) is 35.7 Å². The maximum Gasteiger partial charge on any atom is 0.245 e. The van der Waals surface area contributed by atoms with E-state index in [1.807, 2.05) is 35.8 Å². The molecule has 22 heavy (non-hydrogen) atoms. The minimum absolute atomic E-state index is 0.156. The zero-order valence-corrected chi connectivity index (χ0v) is 12.9. The van der Waals surface area contributed by atoms with Crippen molar-refractivity contribution in [2.24, 2.45) is 0 Å². The predicted molar refractivity (Wildman–Crippen MR) is 86.8 cm³/mol. The van der Waals surface area contributed by atoms with Crippen LogP contribution in [0.1, 0.15) is 18.3 Å². The Kier molecular flexibility index (Phi) is 3.90. The Bertz CT molecular complexity index is 872. The van der Waals surface area contributed by atoms with E-state index in [2.05, 4.69) is 16.4 Å². The monoisotopic (exact) mass is 310 g/mol. The van der Waals surface area contributed by atoms with E-state index >= 15 is 0 Å². The molecule has 5 nitrogen and oxygen atoms in total. The molecular weight excluding hydrogens is 296 g/mol. The van der Waals surface area contributed by atoms with Crippen LogP contribution < -0.4 is 5.32 Å². The molecule has 0 aliphatic rings. The Hall–Kier alpha value is -2.65. The Morgan fingerprint density at radius 2 is 2.23 bits per heavy atom. The first kappa shape index (κ1) is 14.3. The van der Waals surface area contributed by atoms with Crippen molar-refractivity contribution in [2.75, 3.05) is 5.32 Å². The Morgan fingerprint density at radius 3 is 3.00 bits per heavy atom. The minimum atomic E-state index is -0.156. The molecule has 0 unspecified atom stereocenters. The highest BCUT2D eigenvalue weighted by Crippen LogP contribution is 2.22. The number of nitrogens with one attached hydrogen (secondary N) is 1. The fourth-order valence-corrected chi connectivity index (χ4v) is 3.13. The lowest BCUT2D eigenvalue weighted by atomic mass is 10.3. The number of hydrogen-bond acceptors (Lipinski definition) is 4. The second kappa shape index (κ2) is 6.00. The fraction of sp³-hybridized carbons (Fsp3) is 0.188. The third-order valence-corrected chi connectivity index (χ3v) is 4.22. The molecule has 0 saturated heterocycles. The van der Waals surface area contributed by atoms with E-state index in [4.69, 9.17) is 5.26 Å². The number of anilines is 1. The van der Waals surface area contributed by atoms with Gasteiger partial charge in [-0.2, -0.15) is 5.26 Å². The number of nitrogens with zero attached hydrogens (tertiary/aromatic N) is 3. The van der Waals surface area contributed by atoms with Crippen molar-refractivity contribution in [3.8, 4) is 6.07 Å². The highest BCUT2D eigenvalue weighted by molar-refractivity contribution is 7.14. The number of carbonyl (C=O) groups is 1. The molecule has 2 aromatic heterocycles. The summed E-state index contributed by atoms with van der Waals surface area (Å²) in [5, 5.41) is 14.2. The summed E-state index contributed by atoms with van der Waals surface area (Å²) in [6.45, 7) is 2.20. The zero-order valence-electron chi connectivity index (χ0n) is 12.0. The van der Waals surface area contributed by atoms with Gasteiger partial charge in [-0.25, -0.2) is 4.98 Å². The van der Waals surface area contributed by atoms with Gasteiger partial charge in [0.05, 0.1) is 16.6 Å². The van der Waals surface area contributed by atoms with Crippen LogP contribution in [-0.2, 0) is 17.8 Å². The van der Waals surface area contributed by atoms with Crippen molar-refractivity contribution in [3.05, 3.63) is 47.1 Å². The topological polar surface area (TPSA) is 70.7 Å². The average Bonchev–Trinajstić information content (AvgIpc) is 3.11. The standard InChI is InChI=1S/C16H14N4OS/c1-2-14-18-12-5-3-4-6-13(12)20(14)10-15(21)19-16-11(9-17)7-8-22-16/h3-8H,2,10H2,1H3,(H,19,21). The lowest BCUT2D eigenvalue weighted by Crippen LogP contribution is -2.19. The van der Waals surface area contributed by atoms with E-state index in [0.717, 1.165) is 23.3 Å². The van der Waals surface area contributed by atoms with Gasteiger partial charge in [0.25, 0.3) is 0 Å². The van der Waals surface area contributed by atoms with Crippen LogP contribution in [0.5, 0.6) is 0 Å². The summed E-state index contributed by atoms with van der Waals surface area (Å²) in [6, 6.07) is 11.5. The van der Waals surface area contributed by atoms with Gasteiger partial charge in [-0.15, -0.1) is 11.3 Å². The summed E-state index contributed by atoms with van der Waals surface area (Å²) < 4.78 is 1.92. The van der Waals surface area contributed by atoms with Crippen molar-refractivity contribution in [2.45, 2.75) is 19.9 Å².